The molecule has 4 nitrogen and oxygen atoms in total. The van der Waals surface area contributed by atoms with Crippen LogP contribution in [0.4, 0.5) is 5.69 Å². The van der Waals surface area contributed by atoms with E-state index in [2.05, 4.69) is 4.90 Å². The zero-order valence-corrected chi connectivity index (χ0v) is 13.6. The molecule has 2 aromatic rings. The van der Waals surface area contributed by atoms with Gasteiger partial charge in [-0.25, -0.2) is 5.48 Å². The second-order valence-electron chi connectivity index (χ2n) is 5.26. The number of benzene rings is 2. The summed E-state index contributed by atoms with van der Waals surface area (Å²) < 4.78 is 0. The van der Waals surface area contributed by atoms with E-state index < -0.39 is 5.91 Å². The van der Waals surface area contributed by atoms with E-state index in [4.69, 9.17) is 28.4 Å². The summed E-state index contributed by atoms with van der Waals surface area (Å²) in [6, 6.07) is 11.6. The van der Waals surface area contributed by atoms with Gasteiger partial charge in [-0.3, -0.25) is 10.0 Å². The smallest absolute Gasteiger partial charge is 0.267 e. The minimum atomic E-state index is -0.567. The van der Waals surface area contributed by atoms with Crippen molar-refractivity contribution < 1.29 is 10.0 Å². The van der Waals surface area contributed by atoms with Gasteiger partial charge in [0.25, 0.3) is 5.91 Å². The van der Waals surface area contributed by atoms with Gasteiger partial charge in [0.15, 0.2) is 0 Å². The normalized spacial score (nSPS) is 13.4. The molecule has 3 rings (SSSR count). The minimum Gasteiger partial charge on any atom is -0.362 e. The molecular weight excluding hydrogens is 335 g/mol. The molecule has 6 heteroatoms. The summed E-state index contributed by atoms with van der Waals surface area (Å²) in [5, 5.41) is 9.69. The van der Waals surface area contributed by atoms with Gasteiger partial charge in [0.1, 0.15) is 0 Å². The topological polar surface area (TPSA) is 52.6 Å². The van der Waals surface area contributed by atoms with Gasteiger partial charge in [-0.05, 0) is 41.0 Å². The first-order valence-corrected chi connectivity index (χ1v) is 7.77. The van der Waals surface area contributed by atoms with Crippen molar-refractivity contribution in [3.05, 3.63) is 69.2 Å². The number of hydrogen-bond acceptors (Lipinski definition) is 3. The highest BCUT2D eigenvalue weighted by molar-refractivity contribution is 6.42. The second-order valence-corrected chi connectivity index (χ2v) is 6.07. The number of nitrogens with zero attached hydrogens (tertiary/aromatic N) is 1. The Morgan fingerprint density at radius 2 is 1.74 bits per heavy atom. The van der Waals surface area contributed by atoms with Gasteiger partial charge in [-0.2, -0.15) is 0 Å². The average molecular weight is 349 g/mol. The minimum absolute atomic E-state index is 0.556. The van der Waals surface area contributed by atoms with Crippen LogP contribution in [-0.4, -0.2) is 11.1 Å². The summed E-state index contributed by atoms with van der Waals surface area (Å²) in [5.41, 5.74) is 5.76. The van der Waals surface area contributed by atoms with E-state index >= 15 is 0 Å². The summed E-state index contributed by atoms with van der Waals surface area (Å²) in [4.78, 5) is 13.4. The Labute approximate surface area is 143 Å². The summed E-state index contributed by atoms with van der Waals surface area (Å²) in [5.74, 6) is -0.567. The SMILES string of the molecule is O=C(/C=C/c1ccccc1N1Cc2cc(Cl)c(Cl)cc2C1)NO. The van der Waals surface area contributed by atoms with E-state index in [9.17, 15) is 4.79 Å². The third-order valence-electron chi connectivity index (χ3n) is 3.77. The second kappa shape index (κ2) is 6.62. The average Bonchev–Trinajstić information content (AvgIpc) is 2.95. The number of carbonyl (C=O) groups is 1. The fourth-order valence-corrected chi connectivity index (χ4v) is 3.05. The molecule has 0 fully saturated rings. The molecule has 0 bridgehead atoms. The molecule has 2 N–H and O–H groups in total. The lowest BCUT2D eigenvalue weighted by molar-refractivity contribution is -0.124. The number of rotatable bonds is 3. The van der Waals surface area contributed by atoms with Crippen LogP contribution in [0.25, 0.3) is 6.08 Å². The van der Waals surface area contributed by atoms with Crippen LogP contribution in [-0.2, 0) is 17.9 Å². The molecule has 0 atom stereocenters. The number of hydrogen-bond donors (Lipinski definition) is 2. The van der Waals surface area contributed by atoms with Gasteiger partial charge < -0.3 is 4.90 Å². The van der Waals surface area contributed by atoms with E-state index in [1.807, 2.05) is 36.4 Å². The Balaban J connectivity index is 1.89. The molecule has 0 saturated carbocycles. The van der Waals surface area contributed by atoms with Gasteiger partial charge in [-0.15, -0.1) is 0 Å². The molecule has 118 valence electrons. The van der Waals surface area contributed by atoms with Crippen molar-refractivity contribution in [2.45, 2.75) is 13.1 Å². The third kappa shape index (κ3) is 3.34. The Morgan fingerprint density at radius 3 is 2.35 bits per heavy atom. The largest absolute Gasteiger partial charge is 0.362 e. The molecule has 1 aliphatic rings. The van der Waals surface area contributed by atoms with Crippen LogP contribution in [0.1, 0.15) is 16.7 Å². The molecule has 0 saturated heterocycles. The quantitative estimate of drug-likeness (QED) is 0.500. The van der Waals surface area contributed by atoms with Crippen molar-refractivity contribution in [2.75, 3.05) is 4.90 Å². The zero-order valence-electron chi connectivity index (χ0n) is 12.1. The predicted octanol–water partition coefficient (Wildman–Crippen LogP) is 4.03. The van der Waals surface area contributed by atoms with E-state index in [1.165, 1.54) is 6.08 Å². The number of carbonyl (C=O) groups excluding carboxylic acids is 1. The van der Waals surface area contributed by atoms with Crippen LogP contribution < -0.4 is 10.4 Å². The summed E-state index contributed by atoms with van der Waals surface area (Å²) >= 11 is 12.2. The van der Waals surface area contributed by atoms with Gasteiger partial charge >= 0.3 is 0 Å². The van der Waals surface area contributed by atoms with Crippen molar-refractivity contribution in [3.63, 3.8) is 0 Å². The highest BCUT2D eigenvalue weighted by Gasteiger charge is 2.22. The van der Waals surface area contributed by atoms with Gasteiger partial charge in [-0.1, -0.05) is 41.4 Å². The molecule has 0 unspecified atom stereocenters. The van der Waals surface area contributed by atoms with E-state index in [1.54, 1.807) is 11.6 Å². The molecule has 2 aromatic carbocycles. The van der Waals surface area contributed by atoms with Gasteiger partial charge in [0.2, 0.25) is 0 Å². The van der Waals surface area contributed by atoms with E-state index in [0.29, 0.717) is 10.0 Å². The third-order valence-corrected chi connectivity index (χ3v) is 4.49. The molecule has 0 spiro atoms. The summed E-state index contributed by atoms with van der Waals surface area (Å²) in [6.45, 7) is 1.45. The first-order chi connectivity index (χ1) is 11.1. The molecule has 1 heterocycles. The highest BCUT2D eigenvalue weighted by Crippen LogP contribution is 2.35. The zero-order chi connectivity index (χ0) is 16.4. The van der Waals surface area contributed by atoms with Gasteiger partial charge in [0.05, 0.1) is 10.0 Å². The van der Waals surface area contributed by atoms with Crippen molar-refractivity contribution in [2.24, 2.45) is 0 Å². The Kier molecular flexibility index (Phi) is 4.57. The molecule has 0 radical (unpaired) electrons. The molecule has 23 heavy (non-hydrogen) atoms. The van der Waals surface area contributed by atoms with Crippen LogP contribution >= 0.6 is 23.2 Å². The fraction of sp³-hybridized carbons (Fsp3) is 0.118. The standard InChI is InChI=1S/C17H14Cl2N2O2/c18-14-7-12-9-21(10-13(12)8-15(14)19)16-4-2-1-3-11(16)5-6-17(22)20-23/h1-8,23H,9-10H2,(H,20,22)/b6-5+. The lowest BCUT2D eigenvalue weighted by Gasteiger charge is -2.20. The van der Waals surface area contributed by atoms with Crippen molar-refractivity contribution in [1.82, 2.24) is 5.48 Å². The number of para-hydroxylation sites is 1. The van der Waals surface area contributed by atoms with Gasteiger partial charge in [0, 0.05) is 24.9 Å². The van der Waals surface area contributed by atoms with Crippen LogP contribution in [0.15, 0.2) is 42.5 Å². The van der Waals surface area contributed by atoms with E-state index in [-0.39, 0.29) is 0 Å². The maximum atomic E-state index is 11.2. The van der Waals surface area contributed by atoms with Crippen LogP contribution in [0, 0.1) is 0 Å². The van der Waals surface area contributed by atoms with Crippen molar-refractivity contribution in [3.8, 4) is 0 Å². The summed E-state index contributed by atoms with van der Waals surface area (Å²) in [6.07, 6.45) is 2.96. The van der Waals surface area contributed by atoms with Crippen LogP contribution in [0.5, 0.6) is 0 Å². The number of nitrogens with one attached hydrogen (secondary N) is 1. The monoisotopic (exact) mass is 348 g/mol. The van der Waals surface area contributed by atoms with Crippen LogP contribution in [0.3, 0.4) is 0 Å². The predicted molar refractivity (Wildman–Crippen MR) is 91.8 cm³/mol. The molecule has 0 aliphatic carbocycles. The number of amides is 1. The van der Waals surface area contributed by atoms with Crippen LogP contribution in [0.2, 0.25) is 10.0 Å². The maximum Gasteiger partial charge on any atom is 0.267 e. The Hall–Kier alpha value is -2.01. The molecule has 0 aromatic heterocycles. The highest BCUT2D eigenvalue weighted by atomic mass is 35.5. The number of hydroxylamine groups is 1. The maximum absolute atomic E-state index is 11.2. The molecule has 1 amide bonds. The number of anilines is 1. The lowest BCUT2D eigenvalue weighted by Crippen LogP contribution is -2.16. The van der Waals surface area contributed by atoms with Crippen molar-refractivity contribution in [1.29, 1.82) is 0 Å². The molecule has 1 aliphatic heterocycles. The van der Waals surface area contributed by atoms with Crippen molar-refractivity contribution >= 4 is 40.9 Å². The molecular formula is C17H14Cl2N2O2. The van der Waals surface area contributed by atoms with E-state index in [0.717, 1.165) is 35.5 Å². The number of fused-ring (bicyclic) bond motifs is 1. The Morgan fingerprint density at radius 1 is 1.13 bits per heavy atom. The lowest BCUT2D eigenvalue weighted by atomic mass is 10.1. The summed E-state index contributed by atoms with van der Waals surface area (Å²) in [7, 11) is 0. The Bertz CT molecular complexity index is 759. The first-order valence-electron chi connectivity index (χ1n) is 7.01. The first kappa shape index (κ1) is 15.9. The number of halogens is 2. The fourth-order valence-electron chi connectivity index (χ4n) is 2.68.